The summed E-state index contributed by atoms with van der Waals surface area (Å²) in [5, 5.41) is 1.06. The van der Waals surface area contributed by atoms with E-state index >= 15 is 0 Å². The number of hydrogen-bond acceptors (Lipinski definition) is 2. The van der Waals surface area contributed by atoms with Crippen molar-refractivity contribution in [2.24, 2.45) is 5.73 Å². The number of nitrogens with two attached hydrogens (primary N) is 1. The van der Waals surface area contributed by atoms with Crippen LogP contribution < -0.4 is 5.73 Å². The number of aromatic nitrogens is 1. The Kier molecular flexibility index (Phi) is 4.99. The molecule has 1 aromatic heterocycles. The van der Waals surface area contributed by atoms with Crippen LogP contribution in [0.2, 0.25) is 0 Å². The molecule has 2 heterocycles. The Morgan fingerprint density at radius 1 is 1.11 bits per heavy atom. The second-order valence-electron chi connectivity index (χ2n) is 7.36. The zero-order chi connectivity index (χ0) is 18.8. The van der Waals surface area contributed by atoms with E-state index in [0.717, 1.165) is 48.9 Å². The van der Waals surface area contributed by atoms with Crippen molar-refractivity contribution in [1.29, 1.82) is 0 Å². The van der Waals surface area contributed by atoms with Crippen LogP contribution in [0.25, 0.3) is 10.9 Å². The molecule has 3 aromatic rings. The molecule has 2 aromatic carbocycles. The van der Waals surface area contributed by atoms with Gasteiger partial charge in [-0.05, 0) is 42.9 Å². The highest BCUT2D eigenvalue weighted by Crippen LogP contribution is 2.30. The number of para-hydroxylation sites is 1. The molecule has 0 bridgehead atoms. The van der Waals surface area contributed by atoms with Crippen LogP contribution in [0.4, 0.5) is 0 Å². The van der Waals surface area contributed by atoms with E-state index in [4.69, 9.17) is 5.73 Å². The lowest BCUT2D eigenvalue weighted by Gasteiger charge is -2.32. The maximum Gasteiger partial charge on any atom is 0.256 e. The van der Waals surface area contributed by atoms with E-state index in [1.165, 1.54) is 11.1 Å². The number of piperidine rings is 1. The minimum atomic E-state index is 0.160. The second-order valence-corrected chi connectivity index (χ2v) is 7.36. The summed E-state index contributed by atoms with van der Waals surface area (Å²) >= 11 is 0. The van der Waals surface area contributed by atoms with Gasteiger partial charge in [0.1, 0.15) is 0 Å². The molecule has 1 aliphatic rings. The summed E-state index contributed by atoms with van der Waals surface area (Å²) in [5.74, 6) is 0.671. The number of carbonyl (C=O) groups is 1. The lowest BCUT2D eigenvalue weighted by molar-refractivity contribution is 0.0715. The molecule has 1 amide bonds. The van der Waals surface area contributed by atoms with Crippen molar-refractivity contribution in [3.63, 3.8) is 0 Å². The average molecular weight is 361 g/mol. The predicted molar refractivity (Wildman–Crippen MR) is 110 cm³/mol. The van der Waals surface area contributed by atoms with Gasteiger partial charge in [0.25, 0.3) is 5.91 Å². The first kappa shape index (κ1) is 17.8. The molecule has 4 nitrogen and oxygen atoms in total. The number of amides is 1. The highest BCUT2D eigenvalue weighted by Gasteiger charge is 2.26. The van der Waals surface area contributed by atoms with E-state index in [9.17, 15) is 4.79 Å². The Bertz CT molecular complexity index is 951. The van der Waals surface area contributed by atoms with Crippen molar-refractivity contribution in [3.05, 3.63) is 71.4 Å². The van der Waals surface area contributed by atoms with E-state index in [0.29, 0.717) is 12.5 Å². The third-order valence-electron chi connectivity index (χ3n) is 5.80. The molecule has 0 aliphatic carbocycles. The SMILES string of the molecule is CCn1cc(C(=O)N2CCC(c3cccc(CN)c3)CC2)c2ccccc21. The predicted octanol–water partition coefficient (Wildman–Crippen LogP) is 4.14. The number of carbonyl (C=O) groups excluding carboxylic acids is 1. The third-order valence-corrected chi connectivity index (χ3v) is 5.80. The van der Waals surface area contributed by atoms with Gasteiger partial charge in [-0.25, -0.2) is 0 Å². The van der Waals surface area contributed by atoms with Gasteiger partial charge in [-0.15, -0.1) is 0 Å². The van der Waals surface area contributed by atoms with Crippen molar-refractivity contribution in [1.82, 2.24) is 9.47 Å². The second kappa shape index (κ2) is 7.57. The lowest BCUT2D eigenvalue weighted by Crippen LogP contribution is -2.37. The van der Waals surface area contributed by atoms with Crippen molar-refractivity contribution in [3.8, 4) is 0 Å². The fraction of sp³-hybridized carbons (Fsp3) is 0.348. The van der Waals surface area contributed by atoms with Crippen LogP contribution >= 0.6 is 0 Å². The zero-order valence-corrected chi connectivity index (χ0v) is 15.9. The smallest absolute Gasteiger partial charge is 0.256 e. The Morgan fingerprint density at radius 2 is 1.89 bits per heavy atom. The summed E-state index contributed by atoms with van der Waals surface area (Å²) < 4.78 is 2.16. The van der Waals surface area contributed by atoms with Gasteiger partial charge in [0, 0.05) is 43.3 Å². The normalized spacial score (nSPS) is 15.4. The van der Waals surface area contributed by atoms with Crippen LogP contribution in [-0.2, 0) is 13.1 Å². The number of likely N-dealkylation sites (tertiary alicyclic amines) is 1. The molecule has 1 saturated heterocycles. The molecular weight excluding hydrogens is 334 g/mol. The number of aryl methyl sites for hydroxylation is 1. The lowest BCUT2D eigenvalue weighted by atomic mass is 9.88. The third kappa shape index (κ3) is 3.37. The number of rotatable bonds is 4. The first-order valence-corrected chi connectivity index (χ1v) is 9.87. The molecule has 1 aliphatic heterocycles. The maximum absolute atomic E-state index is 13.2. The van der Waals surface area contributed by atoms with E-state index in [2.05, 4.69) is 47.9 Å². The molecule has 4 rings (SSSR count). The van der Waals surface area contributed by atoms with Gasteiger partial charge in [0.05, 0.1) is 5.56 Å². The van der Waals surface area contributed by atoms with Crippen molar-refractivity contribution in [2.45, 2.75) is 38.8 Å². The summed E-state index contributed by atoms with van der Waals surface area (Å²) in [6.07, 6.45) is 4.03. The Morgan fingerprint density at radius 3 is 2.63 bits per heavy atom. The molecule has 0 unspecified atom stereocenters. The number of hydrogen-bond donors (Lipinski definition) is 1. The summed E-state index contributed by atoms with van der Waals surface area (Å²) in [4.78, 5) is 15.2. The van der Waals surface area contributed by atoms with Gasteiger partial charge >= 0.3 is 0 Å². The Balaban J connectivity index is 1.51. The first-order chi connectivity index (χ1) is 13.2. The van der Waals surface area contributed by atoms with Crippen LogP contribution in [0, 0.1) is 0 Å². The summed E-state index contributed by atoms with van der Waals surface area (Å²) in [6, 6.07) is 16.8. The van der Waals surface area contributed by atoms with Crippen LogP contribution in [0.3, 0.4) is 0 Å². The maximum atomic E-state index is 13.2. The van der Waals surface area contributed by atoms with Crippen molar-refractivity contribution < 1.29 is 4.79 Å². The van der Waals surface area contributed by atoms with Gasteiger partial charge < -0.3 is 15.2 Å². The van der Waals surface area contributed by atoms with Gasteiger partial charge in [0.15, 0.2) is 0 Å². The number of fused-ring (bicyclic) bond motifs is 1. The van der Waals surface area contributed by atoms with E-state index in [-0.39, 0.29) is 5.91 Å². The van der Waals surface area contributed by atoms with Crippen molar-refractivity contribution >= 4 is 16.8 Å². The number of benzene rings is 2. The topological polar surface area (TPSA) is 51.3 Å². The van der Waals surface area contributed by atoms with E-state index in [1.54, 1.807) is 0 Å². The fourth-order valence-electron chi connectivity index (χ4n) is 4.24. The summed E-state index contributed by atoms with van der Waals surface area (Å²) in [5.41, 5.74) is 10.3. The Labute approximate surface area is 160 Å². The van der Waals surface area contributed by atoms with Gasteiger partial charge in [0.2, 0.25) is 0 Å². The molecular formula is C23H27N3O. The zero-order valence-electron chi connectivity index (χ0n) is 15.9. The summed E-state index contributed by atoms with van der Waals surface area (Å²) in [7, 11) is 0. The van der Waals surface area contributed by atoms with Crippen LogP contribution in [0.5, 0.6) is 0 Å². The van der Waals surface area contributed by atoms with Crippen molar-refractivity contribution in [2.75, 3.05) is 13.1 Å². The van der Waals surface area contributed by atoms with Gasteiger partial charge in [-0.1, -0.05) is 42.5 Å². The van der Waals surface area contributed by atoms with Crippen LogP contribution in [-0.4, -0.2) is 28.5 Å². The fourth-order valence-corrected chi connectivity index (χ4v) is 4.24. The van der Waals surface area contributed by atoms with Gasteiger partial charge in [-0.3, -0.25) is 4.79 Å². The standard InChI is InChI=1S/C23H27N3O/c1-2-25-16-21(20-8-3-4-9-22(20)25)23(27)26-12-10-18(11-13-26)19-7-5-6-17(14-19)15-24/h3-9,14,16,18H,2,10-13,15,24H2,1H3. The highest BCUT2D eigenvalue weighted by molar-refractivity contribution is 6.07. The van der Waals surface area contributed by atoms with Crippen LogP contribution in [0.1, 0.15) is 47.2 Å². The minimum absolute atomic E-state index is 0.160. The highest BCUT2D eigenvalue weighted by atomic mass is 16.2. The molecule has 140 valence electrons. The molecule has 0 radical (unpaired) electrons. The molecule has 0 saturated carbocycles. The molecule has 1 fully saturated rings. The monoisotopic (exact) mass is 361 g/mol. The molecule has 2 N–H and O–H groups in total. The molecule has 27 heavy (non-hydrogen) atoms. The minimum Gasteiger partial charge on any atom is -0.347 e. The average Bonchev–Trinajstić information content (AvgIpc) is 3.12. The largest absolute Gasteiger partial charge is 0.347 e. The Hall–Kier alpha value is -2.59. The quantitative estimate of drug-likeness (QED) is 0.759. The van der Waals surface area contributed by atoms with Crippen LogP contribution in [0.15, 0.2) is 54.7 Å². The van der Waals surface area contributed by atoms with E-state index in [1.807, 2.05) is 23.2 Å². The first-order valence-electron chi connectivity index (χ1n) is 9.87. The molecule has 0 atom stereocenters. The molecule has 4 heteroatoms. The molecule has 0 spiro atoms. The number of nitrogens with zero attached hydrogens (tertiary/aromatic N) is 2. The summed E-state index contributed by atoms with van der Waals surface area (Å²) in [6.45, 7) is 5.17. The van der Waals surface area contributed by atoms with Gasteiger partial charge in [-0.2, -0.15) is 0 Å². The van der Waals surface area contributed by atoms with E-state index < -0.39 is 0 Å².